The number of hydrogen-bond acceptors (Lipinski definition) is 2. The van der Waals surface area contributed by atoms with Crippen molar-refractivity contribution in [3.63, 3.8) is 0 Å². The van der Waals surface area contributed by atoms with Gasteiger partial charge in [-0.05, 0) is 23.8 Å². The molecule has 1 atom stereocenters. The largest absolute Gasteiger partial charge is 0.387 e. The van der Waals surface area contributed by atoms with Crippen LogP contribution in [-0.4, -0.2) is 5.11 Å². The molecule has 1 heterocycles. The van der Waals surface area contributed by atoms with E-state index in [-0.39, 0.29) is 0 Å². The van der Waals surface area contributed by atoms with Gasteiger partial charge in [0.2, 0.25) is 0 Å². The van der Waals surface area contributed by atoms with Crippen LogP contribution in [-0.2, 0) is 6.42 Å². The van der Waals surface area contributed by atoms with Crippen LogP contribution in [0, 0.1) is 0 Å². The molecule has 0 spiro atoms. The monoisotopic (exact) mass is 306 g/mol. The average Bonchev–Trinajstić information content (AvgIpc) is 2.69. The second-order valence-electron chi connectivity index (χ2n) is 3.62. The van der Waals surface area contributed by atoms with Gasteiger partial charge in [0.05, 0.1) is 11.1 Å². The summed E-state index contributed by atoms with van der Waals surface area (Å²) in [5.74, 6) is 0. The summed E-state index contributed by atoms with van der Waals surface area (Å²) in [6, 6.07) is 7.02. The van der Waals surface area contributed by atoms with Gasteiger partial charge in [-0.3, -0.25) is 0 Å². The highest BCUT2D eigenvalue weighted by atomic mass is 35.5. The lowest BCUT2D eigenvalue weighted by molar-refractivity contribution is 0.182. The van der Waals surface area contributed by atoms with Crippen molar-refractivity contribution in [3.05, 3.63) is 55.2 Å². The highest BCUT2D eigenvalue weighted by molar-refractivity contribution is 7.10. The molecule has 1 unspecified atom stereocenters. The highest BCUT2D eigenvalue weighted by Crippen LogP contribution is 2.30. The summed E-state index contributed by atoms with van der Waals surface area (Å²) in [5.41, 5.74) is 0.869. The first-order valence-electron chi connectivity index (χ1n) is 4.92. The van der Waals surface area contributed by atoms with Crippen LogP contribution < -0.4 is 0 Å². The van der Waals surface area contributed by atoms with Crippen LogP contribution in [0.5, 0.6) is 0 Å². The van der Waals surface area contributed by atoms with Gasteiger partial charge in [0.1, 0.15) is 0 Å². The lowest BCUT2D eigenvalue weighted by Gasteiger charge is -2.10. The van der Waals surface area contributed by atoms with Gasteiger partial charge >= 0.3 is 0 Å². The second kappa shape index (κ2) is 5.59. The highest BCUT2D eigenvalue weighted by Gasteiger charge is 2.13. The van der Waals surface area contributed by atoms with Gasteiger partial charge in [0.15, 0.2) is 0 Å². The Hall–Kier alpha value is -0.250. The van der Waals surface area contributed by atoms with Crippen molar-refractivity contribution in [2.24, 2.45) is 0 Å². The fraction of sp³-hybridized carbons (Fsp3) is 0.167. The lowest BCUT2D eigenvalue weighted by Crippen LogP contribution is -2.00. The minimum Gasteiger partial charge on any atom is -0.387 e. The van der Waals surface area contributed by atoms with Gasteiger partial charge in [-0.15, -0.1) is 11.3 Å². The quantitative estimate of drug-likeness (QED) is 0.847. The Labute approximate surface area is 119 Å². The second-order valence-corrected chi connectivity index (χ2v) is 5.85. The molecule has 90 valence electrons. The molecule has 0 aliphatic heterocycles. The summed E-state index contributed by atoms with van der Waals surface area (Å²) in [4.78, 5) is 0.834. The van der Waals surface area contributed by atoms with E-state index in [1.54, 1.807) is 23.6 Å². The van der Waals surface area contributed by atoms with Crippen LogP contribution in [0.25, 0.3) is 0 Å². The van der Waals surface area contributed by atoms with E-state index in [0.29, 0.717) is 21.5 Å². The molecule has 1 nitrogen and oxygen atoms in total. The molecule has 0 aliphatic rings. The lowest BCUT2D eigenvalue weighted by atomic mass is 10.1. The average molecular weight is 308 g/mol. The van der Waals surface area contributed by atoms with E-state index in [1.807, 2.05) is 6.07 Å². The summed E-state index contributed by atoms with van der Waals surface area (Å²) in [5, 5.41) is 13.6. The molecule has 5 heteroatoms. The number of benzene rings is 1. The number of aliphatic hydroxyl groups excluding tert-OH is 1. The van der Waals surface area contributed by atoms with Crippen molar-refractivity contribution < 1.29 is 5.11 Å². The Morgan fingerprint density at radius 1 is 1.12 bits per heavy atom. The predicted octanol–water partition coefficient (Wildman–Crippen LogP) is 4.98. The van der Waals surface area contributed by atoms with Crippen LogP contribution in [0.1, 0.15) is 16.5 Å². The molecule has 1 aromatic carbocycles. The van der Waals surface area contributed by atoms with Crippen LogP contribution in [0.15, 0.2) is 29.6 Å². The van der Waals surface area contributed by atoms with Gasteiger partial charge in [0.25, 0.3) is 0 Å². The maximum absolute atomic E-state index is 10.0. The Balaban J connectivity index is 2.15. The third-order valence-corrected chi connectivity index (χ3v) is 4.31. The summed E-state index contributed by atoms with van der Waals surface area (Å²) in [6.07, 6.45) is -0.140. The van der Waals surface area contributed by atoms with Crippen LogP contribution in [0.2, 0.25) is 15.1 Å². The summed E-state index contributed by atoms with van der Waals surface area (Å²) in [7, 11) is 0. The molecule has 0 amide bonds. The molecule has 0 bridgehead atoms. The number of halogens is 3. The van der Waals surface area contributed by atoms with Crippen molar-refractivity contribution in [2.75, 3.05) is 0 Å². The zero-order chi connectivity index (χ0) is 12.4. The Morgan fingerprint density at radius 3 is 2.47 bits per heavy atom. The normalized spacial score (nSPS) is 12.7. The van der Waals surface area contributed by atoms with Gasteiger partial charge in [-0.2, -0.15) is 0 Å². The van der Waals surface area contributed by atoms with Gasteiger partial charge in [0, 0.05) is 26.7 Å². The molecule has 1 N–H and O–H groups in total. The zero-order valence-corrected chi connectivity index (χ0v) is 11.7. The van der Waals surface area contributed by atoms with E-state index in [0.717, 1.165) is 10.4 Å². The van der Waals surface area contributed by atoms with Gasteiger partial charge in [-0.25, -0.2) is 0 Å². The van der Waals surface area contributed by atoms with Crippen molar-refractivity contribution >= 4 is 46.1 Å². The molecule has 0 saturated heterocycles. The number of hydrogen-bond donors (Lipinski definition) is 1. The Morgan fingerprint density at radius 2 is 1.88 bits per heavy atom. The molecular formula is C12H9Cl3OS. The molecule has 2 rings (SSSR count). The minimum atomic E-state index is -0.592. The molecule has 0 saturated carbocycles. The zero-order valence-electron chi connectivity index (χ0n) is 8.66. The number of rotatable bonds is 3. The van der Waals surface area contributed by atoms with Crippen molar-refractivity contribution in [1.82, 2.24) is 0 Å². The number of thiophene rings is 1. The van der Waals surface area contributed by atoms with E-state index in [9.17, 15) is 5.11 Å². The van der Waals surface area contributed by atoms with Crippen LogP contribution in [0.3, 0.4) is 0 Å². The molecule has 0 radical (unpaired) electrons. The Kier molecular flexibility index (Phi) is 4.34. The Bertz CT molecular complexity index is 524. The van der Waals surface area contributed by atoms with E-state index < -0.39 is 6.10 Å². The first-order valence-corrected chi connectivity index (χ1v) is 6.93. The number of aliphatic hydroxyl groups is 1. The minimum absolute atomic E-state index is 0.451. The van der Waals surface area contributed by atoms with E-state index >= 15 is 0 Å². The fourth-order valence-electron chi connectivity index (χ4n) is 1.50. The first kappa shape index (κ1) is 13.2. The predicted molar refractivity (Wildman–Crippen MR) is 74.5 cm³/mol. The summed E-state index contributed by atoms with van der Waals surface area (Å²) < 4.78 is 0. The SMILES string of the molecule is OC(Cc1ccc(Cl)cc1Cl)c1cc(Cl)cs1. The molecule has 2 aromatic rings. The van der Waals surface area contributed by atoms with E-state index in [4.69, 9.17) is 34.8 Å². The summed E-state index contributed by atoms with van der Waals surface area (Å²) in [6.45, 7) is 0. The molecule has 0 fully saturated rings. The molecule has 17 heavy (non-hydrogen) atoms. The van der Waals surface area contributed by atoms with Crippen LogP contribution >= 0.6 is 46.1 Å². The fourth-order valence-corrected chi connectivity index (χ4v) is 3.05. The third-order valence-electron chi connectivity index (χ3n) is 2.34. The molecule has 0 aliphatic carbocycles. The van der Waals surface area contributed by atoms with Crippen molar-refractivity contribution in [1.29, 1.82) is 0 Å². The smallest absolute Gasteiger partial charge is 0.0923 e. The molecule has 1 aromatic heterocycles. The van der Waals surface area contributed by atoms with E-state index in [2.05, 4.69) is 0 Å². The van der Waals surface area contributed by atoms with E-state index in [1.165, 1.54) is 11.3 Å². The van der Waals surface area contributed by atoms with Crippen molar-refractivity contribution in [2.45, 2.75) is 12.5 Å². The standard InChI is InChI=1S/C12H9Cl3OS/c13-8-2-1-7(10(15)4-8)3-11(16)12-5-9(14)6-17-12/h1-2,4-6,11,16H,3H2. The third kappa shape index (κ3) is 3.36. The maximum atomic E-state index is 10.0. The first-order chi connectivity index (χ1) is 8.06. The van der Waals surface area contributed by atoms with Gasteiger partial charge < -0.3 is 5.11 Å². The topological polar surface area (TPSA) is 20.2 Å². The van der Waals surface area contributed by atoms with Crippen LogP contribution in [0.4, 0.5) is 0 Å². The van der Waals surface area contributed by atoms with Gasteiger partial charge in [-0.1, -0.05) is 40.9 Å². The molecular weight excluding hydrogens is 299 g/mol. The maximum Gasteiger partial charge on any atom is 0.0923 e. The van der Waals surface area contributed by atoms with Crippen molar-refractivity contribution in [3.8, 4) is 0 Å². The summed E-state index contributed by atoms with van der Waals surface area (Å²) >= 11 is 19.1.